The molecule has 0 unspecified atom stereocenters. The summed E-state index contributed by atoms with van der Waals surface area (Å²) in [5.41, 5.74) is 3.33. The maximum Gasteiger partial charge on any atom is 0.338 e. The number of carbonyl (C=O) groups is 1. The van der Waals surface area contributed by atoms with Gasteiger partial charge in [-0.15, -0.1) is 0 Å². The van der Waals surface area contributed by atoms with Crippen molar-refractivity contribution in [3.63, 3.8) is 0 Å². The second-order valence-electron chi connectivity index (χ2n) is 5.37. The molecule has 0 saturated carbocycles. The van der Waals surface area contributed by atoms with Gasteiger partial charge in [0.1, 0.15) is 17.4 Å². The fraction of sp³-hybridized carbons (Fsp3) is 0.118. The van der Waals surface area contributed by atoms with Crippen LogP contribution >= 0.6 is 0 Å². The van der Waals surface area contributed by atoms with E-state index in [1.54, 1.807) is 19.1 Å². The van der Waals surface area contributed by atoms with Crippen molar-refractivity contribution in [2.75, 3.05) is 0 Å². The molecule has 6 nitrogen and oxygen atoms in total. The molecule has 4 N–H and O–H groups in total. The largest absolute Gasteiger partial charge is 0.423 e. The molecule has 6 heteroatoms. The van der Waals surface area contributed by atoms with Gasteiger partial charge in [0.05, 0.1) is 5.70 Å². The van der Waals surface area contributed by atoms with Gasteiger partial charge in [0.2, 0.25) is 0 Å². The van der Waals surface area contributed by atoms with Gasteiger partial charge in [-0.2, -0.15) is 0 Å². The van der Waals surface area contributed by atoms with Gasteiger partial charge >= 0.3 is 5.97 Å². The smallest absolute Gasteiger partial charge is 0.338 e. The van der Waals surface area contributed by atoms with Crippen molar-refractivity contribution >= 4 is 11.7 Å². The van der Waals surface area contributed by atoms with E-state index >= 15 is 0 Å². The van der Waals surface area contributed by atoms with E-state index in [-0.39, 0.29) is 0 Å². The lowest BCUT2D eigenvalue weighted by Gasteiger charge is -2.10. The Morgan fingerprint density at radius 1 is 1.04 bits per heavy atom. The maximum absolute atomic E-state index is 11.5. The zero-order valence-electron chi connectivity index (χ0n) is 13.0. The van der Waals surface area contributed by atoms with E-state index in [1.807, 2.05) is 31.5 Å². The first-order valence-electron chi connectivity index (χ1n) is 7.19. The molecule has 2 aliphatic heterocycles. The monoisotopic (exact) mass is 310 g/mol. The van der Waals surface area contributed by atoms with Crippen LogP contribution in [0.3, 0.4) is 0 Å². The molecule has 2 heterocycles. The van der Waals surface area contributed by atoms with E-state index in [9.17, 15) is 4.79 Å². The van der Waals surface area contributed by atoms with Crippen LogP contribution in [-0.2, 0) is 4.79 Å². The minimum Gasteiger partial charge on any atom is -0.423 e. The molecule has 0 spiro atoms. The van der Waals surface area contributed by atoms with Crippen LogP contribution in [-0.4, -0.2) is 5.97 Å². The average Bonchev–Trinajstić information content (AvgIpc) is 3.16. The first-order chi connectivity index (χ1) is 11.0. The third-order valence-electron chi connectivity index (χ3n) is 3.35. The van der Waals surface area contributed by atoms with E-state index in [0.29, 0.717) is 11.3 Å². The Bertz CT molecular complexity index is 757. The number of nitrogens with one attached hydrogen (secondary N) is 4. The highest BCUT2D eigenvalue weighted by Gasteiger charge is 2.17. The van der Waals surface area contributed by atoms with Crippen LogP contribution in [0.15, 0.2) is 66.2 Å². The molecular formula is C17H18N4O2. The third kappa shape index (κ3) is 3.21. The lowest BCUT2D eigenvalue weighted by Crippen LogP contribution is -2.24. The standard InChI is InChI=1S/C17H18N4O2/c1-10(2)17(22)23-13-6-4-12(5-7-13)14-9-19-16(21-14)15-18-8-11(3)20-15/h4-9,18-21H,1H2,2-3H3/b16-15+. The number of benzene rings is 1. The van der Waals surface area contributed by atoms with Crippen LogP contribution in [0.4, 0.5) is 0 Å². The molecule has 0 bridgehead atoms. The second-order valence-corrected chi connectivity index (χ2v) is 5.37. The Labute approximate surface area is 134 Å². The molecule has 0 radical (unpaired) electrons. The highest BCUT2D eigenvalue weighted by atomic mass is 16.5. The fourth-order valence-corrected chi connectivity index (χ4v) is 2.12. The molecular weight excluding hydrogens is 292 g/mol. The number of esters is 1. The van der Waals surface area contributed by atoms with Crippen LogP contribution in [0.1, 0.15) is 19.4 Å². The van der Waals surface area contributed by atoms with Crippen molar-refractivity contribution in [1.29, 1.82) is 0 Å². The molecule has 1 aromatic rings. The summed E-state index contributed by atoms with van der Waals surface area (Å²) < 4.78 is 5.18. The number of carbonyl (C=O) groups excluding carboxylic acids is 1. The molecule has 118 valence electrons. The number of ether oxygens (including phenoxy) is 1. The Morgan fingerprint density at radius 3 is 2.30 bits per heavy atom. The molecule has 0 atom stereocenters. The SMILES string of the molecule is C=C(C)C(=O)Oc1ccc(C2=CN/C(=C3/NC=C(C)N3)N2)cc1. The normalized spacial score (nSPS) is 18.9. The third-order valence-corrected chi connectivity index (χ3v) is 3.35. The van der Waals surface area contributed by atoms with Gasteiger partial charge in [0.25, 0.3) is 0 Å². The molecule has 0 saturated heterocycles. The van der Waals surface area contributed by atoms with Gasteiger partial charge in [-0.3, -0.25) is 0 Å². The van der Waals surface area contributed by atoms with E-state index in [4.69, 9.17) is 4.74 Å². The molecule has 0 fully saturated rings. The lowest BCUT2D eigenvalue weighted by atomic mass is 10.1. The maximum atomic E-state index is 11.5. The topological polar surface area (TPSA) is 74.4 Å². The first-order valence-corrected chi connectivity index (χ1v) is 7.19. The van der Waals surface area contributed by atoms with Crippen molar-refractivity contribution in [2.24, 2.45) is 0 Å². The first kappa shape index (κ1) is 14.8. The Balaban J connectivity index is 1.67. The second kappa shape index (κ2) is 5.92. The summed E-state index contributed by atoms with van der Waals surface area (Å²) in [4.78, 5) is 11.5. The van der Waals surface area contributed by atoms with Crippen molar-refractivity contribution < 1.29 is 9.53 Å². The molecule has 1 aromatic carbocycles. The lowest BCUT2D eigenvalue weighted by molar-refractivity contribution is -0.130. The molecule has 23 heavy (non-hydrogen) atoms. The van der Waals surface area contributed by atoms with E-state index < -0.39 is 5.97 Å². The molecule has 3 rings (SSSR count). The summed E-state index contributed by atoms with van der Waals surface area (Å²) in [7, 11) is 0. The number of hydrogen-bond acceptors (Lipinski definition) is 6. The van der Waals surface area contributed by atoms with Gasteiger partial charge in [-0.1, -0.05) is 6.58 Å². The summed E-state index contributed by atoms with van der Waals surface area (Å²) >= 11 is 0. The molecule has 0 aliphatic carbocycles. The van der Waals surface area contributed by atoms with Crippen LogP contribution in [0.25, 0.3) is 5.70 Å². The Morgan fingerprint density at radius 2 is 1.70 bits per heavy atom. The Hall–Kier alpha value is -3.15. The quantitative estimate of drug-likeness (QED) is 0.388. The van der Waals surface area contributed by atoms with Gasteiger partial charge in [-0.25, -0.2) is 4.79 Å². The summed E-state index contributed by atoms with van der Waals surface area (Å²) in [5, 5.41) is 12.8. The molecule has 0 amide bonds. The minimum atomic E-state index is -0.425. The van der Waals surface area contributed by atoms with Crippen molar-refractivity contribution in [3.8, 4) is 5.75 Å². The minimum absolute atomic E-state index is 0.371. The van der Waals surface area contributed by atoms with E-state index in [1.165, 1.54) is 0 Å². The summed E-state index contributed by atoms with van der Waals surface area (Å²) in [5.74, 6) is 1.79. The zero-order valence-corrected chi connectivity index (χ0v) is 13.0. The number of allylic oxidation sites excluding steroid dienone is 1. The highest BCUT2D eigenvalue weighted by molar-refractivity contribution is 5.88. The Kier molecular flexibility index (Phi) is 3.80. The summed E-state index contributed by atoms with van der Waals surface area (Å²) in [6.45, 7) is 7.16. The van der Waals surface area contributed by atoms with E-state index in [0.717, 1.165) is 28.6 Å². The van der Waals surface area contributed by atoms with Crippen LogP contribution in [0.2, 0.25) is 0 Å². The van der Waals surface area contributed by atoms with Gasteiger partial charge < -0.3 is 26.0 Å². The predicted molar refractivity (Wildman–Crippen MR) is 88.2 cm³/mol. The summed E-state index contributed by atoms with van der Waals surface area (Å²) in [6, 6.07) is 7.27. The fourth-order valence-electron chi connectivity index (χ4n) is 2.12. The highest BCUT2D eigenvalue weighted by Crippen LogP contribution is 2.21. The number of hydrogen-bond donors (Lipinski definition) is 4. The number of rotatable bonds is 3. The van der Waals surface area contributed by atoms with Crippen molar-refractivity contribution in [1.82, 2.24) is 21.3 Å². The van der Waals surface area contributed by atoms with Gasteiger partial charge in [-0.05, 0) is 43.7 Å². The van der Waals surface area contributed by atoms with Crippen molar-refractivity contribution in [3.05, 3.63) is 71.7 Å². The van der Waals surface area contributed by atoms with Crippen LogP contribution in [0, 0.1) is 0 Å². The van der Waals surface area contributed by atoms with Gasteiger partial charge in [0.15, 0.2) is 0 Å². The van der Waals surface area contributed by atoms with Crippen LogP contribution in [0.5, 0.6) is 5.75 Å². The van der Waals surface area contributed by atoms with Crippen LogP contribution < -0.4 is 26.0 Å². The molecule has 0 aromatic heterocycles. The zero-order chi connectivity index (χ0) is 16.4. The average molecular weight is 310 g/mol. The van der Waals surface area contributed by atoms with E-state index in [2.05, 4.69) is 27.8 Å². The molecule has 2 aliphatic rings. The summed E-state index contributed by atoms with van der Waals surface area (Å²) in [6.07, 6.45) is 3.78. The van der Waals surface area contributed by atoms with Gasteiger partial charge in [0, 0.05) is 23.7 Å². The predicted octanol–water partition coefficient (Wildman–Crippen LogP) is 1.84. The van der Waals surface area contributed by atoms with Crippen molar-refractivity contribution in [2.45, 2.75) is 13.8 Å².